The van der Waals surface area contributed by atoms with Crippen molar-refractivity contribution < 1.29 is 4.79 Å². The fourth-order valence-electron chi connectivity index (χ4n) is 1.09. The smallest absolute Gasteiger partial charge is 0.234 e. The molecule has 1 fully saturated rings. The molecule has 2 nitrogen and oxygen atoms in total. The summed E-state index contributed by atoms with van der Waals surface area (Å²) in [6, 6.07) is 0. The second kappa shape index (κ2) is 4.60. The van der Waals surface area contributed by atoms with Gasteiger partial charge in [-0.1, -0.05) is 0 Å². The number of amides is 1. The summed E-state index contributed by atoms with van der Waals surface area (Å²) in [5.41, 5.74) is -0.0975. The number of rotatable bonds is 1. The van der Waals surface area contributed by atoms with Crippen molar-refractivity contribution in [2.45, 2.75) is 31.6 Å². The van der Waals surface area contributed by atoms with Crippen LogP contribution in [-0.4, -0.2) is 34.0 Å². The lowest BCUT2D eigenvalue weighted by Crippen LogP contribution is -2.46. The molecular formula is C9H17NOS2. The second-order valence-corrected chi connectivity index (χ2v) is 6.63. The van der Waals surface area contributed by atoms with Crippen LogP contribution in [0.2, 0.25) is 0 Å². The molecule has 1 N–H and O–H groups in total. The highest BCUT2D eigenvalue weighted by molar-refractivity contribution is 8.07. The van der Waals surface area contributed by atoms with Crippen LogP contribution in [0.25, 0.3) is 0 Å². The van der Waals surface area contributed by atoms with Crippen LogP contribution in [0.15, 0.2) is 0 Å². The Balaban J connectivity index is 2.38. The van der Waals surface area contributed by atoms with Crippen molar-refractivity contribution in [2.75, 3.05) is 17.3 Å². The number of thioether (sulfide) groups is 2. The van der Waals surface area contributed by atoms with E-state index in [1.54, 1.807) is 11.8 Å². The van der Waals surface area contributed by atoms with Crippen LogP contribution in [0.1, 0.15) is 20.8 Å². The third-order valence-corrected chi connectivity index (χ3v) is 4.36. The Morgan fingerprint density at radius 1 is 1.38 bits per heavy atom. The molecule has 1 aliphatic rings. The monoisotopic (exact) mass is 219 g/mol. The van der Waals surface area contributed by atoms with Crippen LogP contribution >= 0.6 is 23.5 Å². The van der Waals surface area contributed by atoms with Crippen molar-refractivity contribution in [2.24, 2.45) is 0 Å². The van der Waals surface area contributed by atoms with Crippen molar-refractivity contribution in [3.05, 3.63) is 0 Å². The predicted octanol–water partition coefficient (Wildman–Crippen LogP) is 1.75. The van der Waals surface area contributed by atoms with Crippen molar-refractivity contribution >= 4 is 29.4 Å². The Morgan fingerprint density at radius 3 is 2.54 bits per heavy atom. The standard InChI is InChI=1S/C9H17NOS2/c1-9(2,3)10-8(11)7-6-12-4-5-13-7/h7H,4-6H2,1-3H3,(H,10,11). The number of carbonyl (C=O) groups is 1. The van der Waals surface area contributed by atoms with E-state index in [0.717, 1.165) is 11.5 Å². The third-order valence-electron chi connectivity index (χ3n) is 1.61. The van der Waals surface area contributed by atoms with Gasteiger partial charge in [0.05, 0.1) is 5.25 Å². The normalized spacial score (nSPS) is 24.1. The van der Waals surface area contributed by atoms with Crippen LogP contribution in [0, 0.1) is 0 Å². The molecule has 0 aromatic heterocycles. The molecule has 0 aliphatic carbocycles. The maximum Gasteiger partial charge on any atom is 0.234 e. The number of carbonyl (C=O) groups excluding carboxylic acids is 1. The van der Waals surface area contributed by atoms with E-state index in [9.17, 15) is 4.79 Å². The Hall–Kier alpha value is 0.170. The summed E-state index contributed by atoms with van der Waals surface area (Å²) in [7, 11) is 0. The van der Waals surface area contributed by atoms with Gasteiger partial charge in [-0.05, 0) is 20.8 Å². The minimum Gasteiger partial charge on any atom is -0.351 e. The third kappa shape index (κ3) is 4.27. The van der Waals surface area contributed by atoms with Crippen LogP contribution < -0.4 is 5.32 Å². The molecule has 1 aliphatic heterocycles. The van der Waals surface area contributed by atoms with Gasteiger partial charge in [-0.15, -0.1) is 11.8 Å². The van der Waals surface area contributed by atoms with E-state index in [1.165, 1.54) is 5.75 Å². The van der Waals surface area contributed by atoms with E-state index in [0.29, 0.717) is 0 Å². The van der Waals surface area contributed by atoms with Gasteiger partial charge >= 0.3 is 0 Å². The number of nitrogens with one attached hydrogen (secondary N) is 1. The van der Waals surface area contributed by atoms with Gasteiger partial charge in [0.2, 0.25) is 5.91 Å². The SMILES string of the molecule is CC(C)(C)NC(=O)C1CSCCS1. The maximum atomic E-state index is 11.7. The highest BCUT2D eigenvalue weighted by Crippen LogP contribution is 2.24. The number of hydrogen-bond acceptors (Lipinski definition) is 3. The molecule has 0 aromatic rings. The Bertz CT molecular complexity index is 183. The predicted molar refractivity (Wildman–Crippen MR) is 61.5 cm³/mol. The first-order chi connectivity index (χ1) is 5.99. The largest absolute Gasteiger partial charge is 0.351 e. The summed E-state index contributed by atoms with van der Waals surface area (Å²) in [4.78, 5) is 11.7. The molecule has 0 saturated carbocycles. The van der Waals surface area contributed by atoms with Gasteiger partial charge in [0.1, 0.15) is 0 Å². The molecule has 1 rings (SSSR count). The van der Waals surface area contributed by atoms with Gasteiger partial charge in [0, 0.05) is 22.8 Å². The summed E-state index contributed by atoms with van der Waals surface area (Å²) in [6.07, 6.45) is 0. The lowest BCUT2D eigenvalue weighted by atomic mass is 10.1. The van der Waals surface area contributed by atoms with E-state index in [2.05, 4.69) is 5.32 Å². The van der Waals surface area contributed by atoms with Crippen molar-refractivity contribution in [3.8, 4) is 0 Å². The van der Waals surface area contributed by atoms with Crippen LogP contribution in [0.5, 0.6) is 0 Å². The number of hydrogen-bond donors (Lipinski definition) is 1. The van der Waals surface area contributed by atoms with Gasteiger partial charge in [-0.3, -0.25) is 4.79 Å². The zero-order valence-electron chi connectivity index (χ0n) is 8.42. The van der Waals surface area contributed by atoms with Gasteiger partial charge in [-0.2, -0.15) is 11.8 Å². The summed E-state index contributed by atoms with van der Waals surface area (Å²) in [6.45, 7) is 6.06. The van der Waals surface area contributed by atoms with Crippen molar-refractivity contribution in [3.63, 3.8) is 0 Å². The maximum absolute atomic E-state index is 11.7. The molecule has 0 radical (unpaired) electrons. The zero-order chi connectivity index (χ0) is 9.90. The molecule has 1 unspecified atom stereocenters. The molecule has 1 heterocycles. The summed E-state index contributed by atoms with van der Waals surface area (Å²) in [5, 5.41) is 3.18. The van der Waals surface area contributed by atoms with Gasteiger partial charge in [-0.25, -0.2) is 0 Å². The highest BCUT2D eigenvalue weighted by atomic mass is 32.2. The topological polar surface area (TPSA) is 29.1 Å². The average Bonchev–Trinajstić information content (AvgIpc) is 2.03. The van der Waals surface area contributed by atoms with Gasteiger partial charge in [0.15, 0.2) is 0 Å². The fourth-order valence-corrected chi connectivity index (χ4v) is 3.65. The Labute approximate surface area is 88.6 Å². The molecule has 1 amide bonds. The summed E-state index contributed by atoms with van der Waals surface area (Å²) < 4.78 is 0. The van der Waals surface area contributed by atoms with E-state index >= 15 is 0 Å². The first-order valence-corrected chi connectivity index (χ1v) is 6.71. The molecule has 13 heavy (non-hydrogen) atoms. The minimum absolute atomic E-state index is 0.0975. The van der Waals surface area contributed by atoms with Crippen LogP contribution in [0.3, 0.4) is 0 Å². The average molecular weight is 219 g/mol. The quantitative estimate of drug-likeness (QED) is 0.728. The van der Waals surface area contributed by atoms with E-state index in [4.69, 9.17) is 0 Å². The molecule has 0 spiro atoms. The minimum atomic E-state index is -0.0975. The molecular weight excluding hydrogens is 202 g/mol. The van der Waals surface area contributed by atoms with Crippen molar-refractivity contribution in [1.29, 1.82) is 0 Å². The summed E-state index contributed by atoms with van der Waals surface area (Å²) >= 11 is 3.65. The Morgan fingerprint density at radius 2 is 2.08 bits per heavy atom. The van der Waals surface area contributed by atoms with E-state index < -0.39 is 0 Å². The zero-order valence-corrected chi connectivity index (χ0v) is 10.1. The van der Waals surface area contributed by atoms with Gasteiger partial charge in [0.25, 0.3) is 0 Å². The summed E-state index contributed by atoms with van der Waals surface area (Å²) in [5.74, 6) is 3.45. The Kier molecular flexibility index (Phi) is 3.98. The highest BCUT2D eigenvalue weighted by Gasteiger charge is 2.24. The van der Waals surface area contributed by atoms with Gasteiger partial charge < -0.3 is 5.32 Å². The first-order valence-electron chi connectivity index (χ1n) is 4.50. The van der Waals surface area contributed by atoms with Crippen LogP contribution in [-0.2, 0) is 4.79 Å². The van der Waals surface area contributed by atoms with E-state index in [1.807, 2.05) is 32.5 Å². The first kappa shape index (κ1) is 11.2. The molecule has 1 atom stereocenters. The second-order valence-electron chi connectivity index (χ2n) is 4.17. The lowest BCUT2D eigenvalue weighted by molar-refractivity contribution is -0.121. The van der Waals surface area contributed by atoms with Crippen molar-refractivity contribution in [1.82, 2.24) is 5.32 Å². The van der Waals surface area contributed by atoms with E-state index in [-0.39, 0.29) is 16.7 Å². The van der Waals surface area contributed by atoms with Crippen LogP contribution in [0.4, 0.5) is 0 Å². The molecule has 0 aromatic carbocycles. The molecule has 76 valence electrons. The molecule has 4 heteroatoms. The lowest BCUT2D eigenvalue weighted by Gasteiger charge is -2.26. The molecule has 1 saturated heterocycles. The molecule has 0 bridgehead atoms. The fraction of sp³-hybridized carbons (Fsp3) is 0.889.